The van der Waals surface area contributed by atoms with Gasteiger partial charge >= 0.3 is 0 Å². The Bertz CT molecular complexity index is 553. The lowest BCUT2D eigenvalue weighted by molar-refractivity contribution is 0.112. The molecule has 0 aliphatic heterocycles. The Morgan fingerprint density at radius 3 is 3.00 bits per heavy atom. The van der Waals surface area contributed by atoms with Crippen molar-refractivity contribution >= 4 is 17.2 Å². The van der Waals surface area contributed by atoms with Gasteiger partial charge < -0.3 is 0 Å². The average Bonchev–Trinajstić information content (AvgIpc) is 2.63. The highest BCUT2D eigenvalue weighted by molar-refractivity contribution is 5.97. The molecule has 2 rings (SSSR count). The molecule has 0 aliphatic carbocycles. The number of H-pyrrole nitrogens is 1. The van der Waals surface area contributed by atoms with E-state index in [1.54, 1.807) is 0 Å². The first-order chi connectivity index (χ1) is 6.77. The molecule has 14 heavy (non-hydrogen) atoms. The van der Waals surface area contributed by atoms with E-state index in [2.05, 4.69) is 10.2 Å². The molecule has 0 amide bonds. The number of halogens is 1. The highest BCUT2D eigenvalue weighted by Crippen LogP contribution is 2.21. The molecule has 0 radical (unpaired) electrons. The van der Waals surface area contributed by atoms with E-state index >= 15 is 0 Å². The number of aldehydes is 1. The SMILES string of the molecule is N#Cc1ccc(F)c2c(C=O)[nH]nc12. The van der Waals surface area contributed by atoms with Crippen LogP contribution < -0.4 is 0 Å². The summed E-state index contributed by atoms with van der Waals surface area (Å²) < 4.78 is 13.3. The van der Waals surface area contributed by atoms with Gasteiger partial charge in [-0.05, 0) is 12.1 Å². The lowest BCUT2D eigenvalue weighted by Gasteiger charge is -1.93. The number of hydrogen-bond acceptors (Lipinski definition) is 3. The normalized spacial score (nSPS) is 10.0. The molecule has 0 atom stereocenters. The first-order valence-corrected chi connectivity index (χ1v) is 3.79. The van der Waals surface area contributed by atoms with Crippen molar-refractivity contribution in [3.05, 3.63) is 29.2 Å². The Morgan fingerprint density at radius 1 is 1.57 bits per heavy atom. The Balaban J connectivity index is 2.95. The van der Waals surface area contributed by atoms with Crippen LogP contribution in [0.3, 0.4) is 0 Å². The Hall–Kier alpha value is -2.22. The van der Waals surface area contributed by atoms with Crippen molar-refractivity contribution in [2.45, 2.75) is 0 Å². The van der Waals surface area contributed by atoms with Crippen LogP contribution in [0.5, 0.6) is 0 Å². The molecular weight excluding hydrogens is 185 g/mol. The van der Waals surface area contributed by atoms with E-state index < -0.39 is 5.82 Å². The first kappa shape index (κ1) is 8.38. The monoisotopic (exact) mass is 189 g/mol. The van der Waals surface area contributed by atoms with Gasteiger partial charge in [0.2, 0.25) is 0 Å². The van der Waals surface area contributed by atoms with E-state index in [0.717, 1.165) is 6.07 Å². The van der Waals surface area contributed by atoms with Crippen LogP contribution in [0.1, 0.15) is 16.1 Å². The summed E-state index contributed by atoms with van der Waals surface area (Å²) in [6.45, 7) is 0. The largest absolute Gasteiger partial charge is 0.296 e. The van der Waals surface area contributed by atoms with E-state index in [4.69, 9.17) is 5.26 Å². The molecule has 0 fully saturated rings. The fourth-order valence-corrected chi connectivity index (χ4v) is 1.29. The predicted molar refractivity (Wildman–Crippen MR) is 46.2 cm³/mol. The number of benzene rings is 1. The lowest BCUT2D eigenvalue weighted by atomic mass is 10.1. The first-order valence-electron chi connectivity index (χ1n) is 3.79. The molecule has 0 aliphatic rings. The predicted octanol–water partition coefficient (Wildman–Crippen LogP) is 1.39. The van der Waals surface area contributed by atoms with Crippen LogP contribution in [-0.2, 0) is 0 Å². The van der Waals surface area contributed by atoms with Gasteiger partial charge in [0.15, 0.2) is 6.29 Å². The van der Waals surface area contributed by atoms with Crippen LogP contribution in [0, 0.1) is 17.1 Å². The van der Waals surface area contributed by atoms with Gasteiger partial charge in [0.1, 0.15) is 23.1 Å². The van der Waals surface area contributed by atoms with E-state index in [9.17, 15) is 9.18 Å². The second-order valence-corrected chi connectivity index (χ2v) is 2.69. The number of hydrogen-bond donors (Lipinski definition) is 1. The van der Waals surface area contributed by atoms with Gasteiger partial charge in [-0.1, -0.05) is 0 Å². The van der Waals surface area contributed by atoms with E-state index in [0.29, 0.717) is 6.29 Å². The quantitative estimate of drug-likeness (QED) is 0.689. The Labute approximate surface area is 78.0 Å². The summed E-state index contributed by atoms with van der Waals surface area (Å²) in [5, 5.41) is 14.8. The van der Waals surface area contributed by atoms with Crippen molar-refractivity contribution < 1.29 is 9.18 Å². The van der Waals surface area contributed by atoms with Gasteiger partial charge in [-0.3, -0.25) is 9.89 Å². The summed E-state index contributed by atoms with van der Waals surface area (Å²) in [5.41, 5.74) is 0.481. The number of fused-ring (bicyclic) bond motifs is 1. The zero-order valence-electron chi connectivity index (χ0n) is 6.91. The van der Waals surface area contributed by atoms with Crippen LogP contribution in [0.15, 0.2) is 12.1 Å². The molecule has 0 spiro atoms. The number of nitrogens with zero attached hydrogens (tertiary/aromatic N) is 2. The molecule has 1 aromatic carbocycles. The Morgan fingerprint density at radius 2 is 2.36 bits per heavy atom. The third kappa shape index (κ3) is 0.977. The van der Waals surface area contributed by atoms with E-state index in [1.165, 1.54) is 6.07 Å². The van der Waals surface area contributed by atoms with Gasteiger partial charge in [-0.2, -0.15) is 10.4 Å². The molecule has 68 valence electrons. The minimum atomic E-state index is -0.560. The molecule has 1 N–H and O–H groups in total. The standard InChI is InChI=1S/C9H4FN3O/c10-6-2-1-5(3-11)9-8(6)7(4-14)12-13-9/h1-2,4H,(H,12,13). The van der Waals surface area contributed by atoms with Gasteiger partial charge in [-0.15, -0.1) is 0 Å². The smallest absolute Gasteiger partial charge is 0.168 e. The lowest BCUT2D eigenvalue weighted by Crippen LogP contribution is -1.84. The number of nitriles is 1. The van der Waals surface area contributed by atoms with Gasteiger partial charge in [-0.25, -0.2) is 4.39 Å². The maximum Gasteiger partial charge on any atom is 0.168 e. The van der Waals surface area contributed by atoms with Crippen LogP contribution in [0.25, 0.3) is 10.9 Å². The van der Waals surface area contributed by atoms with Crippen molar-refractivity contribution in [1.82, 2.24) is 10.2 Å². The molecule has 2 aromatic rings. The van der Waals surface area contributed by atoms with Crippen molar-refractivity contribution in [2.75, 3.05) is 0 Å². The van der Waals surface area contributed by atoms with Crippen LogP contribution >= 0.6 is 0 Å². The van der Waals surface area contributed by atoms with Gasteiger partial charge in [0.25, 0.3) is 0 Å². The third-order valence-corrected chi connectivity index (χ3v) is 1.92. The summed E-state index contributed by atoms with van der Waals surface area (Å²) in [5.74, 6) is -0.560. The molecule has 0 saturated heterocycles. The molecule has 1 aromatic heterocycles. The number of nitrogens with one attached hydrogen (secondary N) is 1. The maximum atomic E-state index is 13.3. The molecule has 0 saturated carbocycles. The summed E-state index contributed by atoms with van der Waals surface area (Å²) in [4.78, 5) is 10.5. The number of carbonyl (C=O) groups excluding carboxylic acids is 1. The second kappa shape index (κ2) is 2.92. The molecule has 4 nitrogen and oxygen atoms in total. The highest BCUT2D eigenvalue weighted by atomic mass is 19.1. The Kier molecular flexibility index (Phi) is 1.75. The second-order valence-electron chi connectivity index (χ2n) is 2.69. The number of aromatic amines is 1. The topological polar surface area (TPSA) is 69.5 Å². The van der Waals surface area contributed by atoms with Crippen LogP contribution in [0.4, 0.5) is 4.39 Å². The van der Waals surface area contributed by atoms with E-state index in [-0.39, 0.29) is 22.2 Å². The molecule has 0 unspecified atom stereocenters. The minimum absolute atomic E-state index is 0.0506. The van der Waals surface area contributed by atoms with Crippen molar-refractivity contribution in [3.63, 3.8) is 0 Å². The minimum Gasteiger partial charge on any atom is -0.296 e. The summed E-state index contributed by atoms with van der Waals surface area (Å²) in [7, 11) is 0. The number of carbonyl (C=O) groups is 1. The zero-order chi connectivity index (χ0) is 10.1. The average molecular weight is 189 g/mol. The van der Waals surface area contributed by atoms with E-state index in [1.807, 2.05) is 6.07 Å². The van der Waals surface area contributed by atoms with Crippen molar-refractivity contribution in [2.24, 2.45) is 0 Å². The molecule has 1 heterocycles. The summed E-state index contributed by atoms with van der Waals surface area (Å²) in [6, 6.07) is 4.34. The summed E-state index contributed by atoms with van der Waals surface area (Å²) in [6.07, 6.45) is 0.472. The summed E-state index contributed by atoms with van der Waals surface area (Å²) >= 11 is 0. The fourth-order valence-electron chi connectivity index (χ4n) is 1.29. The highest BCUT2D eigenvalue weighted by Gasteiger charge is 2.12. The number of rotatable bonds is 1. The molecule has 5 heteroatoms. The maximum absolute atomic E-state index is 13.3. The van der Waals surface area contributed by atoms with Crippen LogP contribution in [-0.4, -0.2) is 16.5 Å². The number of aromatic nitrogens is 2. The van der Waals surface area contributed by atoms with Crippen molar-refractivity contribution in [3.8, 4) is 6.07 Å². The van der Waals surface area contributed by atoms with Crippen LogP contribution in [0.2, 0.25) is 0 Å². The van der Waals surface area contributed by atoms with Gasteiger partial charge in [0, 0.05) is 0 Å². The van der Waals surface area contributed by atoms with Crippen molar-refractivity contribution in [1.29, 1.82) is 5.26 Å². The third-order valence-electron chi connectivity index (χ3n) is 1.92. The molecular formula is C9H4FN3O. The fraction of sp³-hybridized carbons (Fsp3) is 0. The molecule has 0 bridgehead atoms. The van der Waals surface area contributed by atoms with Gasteiger partial charge in [0.05, 0.1) is 10.9 Å². The zero-order valence-corrected chi connectivity index (χ0v) is 6.91.